The van der Waals surface area contributed by atoms with Gasteiger partial charge in [-0.15, -0.1) is 13.2 Å². The van der Waals surface area contributed by atoms with Crippen LogP contribution < -0.4 is 15.8 Å². The number of nitrogen functional groups attached to an aromatic ring is 1. The number of hydrogen-bond acceptors (Lipinski definition) is 4. The minimum Gasteiger partial charge on any atom is -0.404 e. The van der Waals surface area contributed by atoms with Crippen molar-refractivity contribution in [2.24, 2.45) is 0 Å². The number of halogens is 3. The van der Waals surface area contributed by atoms with Gasteiger partial charge in [0.1, 0.15) is 5.82 Å². The molecule has 7 heteroatoms. The maximum Gasteiger partial charge on any atom is 0.573 e. The lowest BCUT2D eigenvalue weighted by Gasteiger charge is -2.15. The van der Waals surface area contributed by atoms with Gasteiger partial charge in [0.05, 0.1) is 17.6 Å². The summed E-state index contributed by atoms with van der Waals surface area (Å²) in [6.45, 7) is 1.75. The molecule has 0 aliphatic carbocycles. The molecule has 0 saturated heterocycles. The molecule has 0 fully saturated rings. The molecule has 1 aromatic carbocycles. The maximum atomic E-state index is 12.3. The molecule has 0 unspecified atom stereocenters. The van der Waals surface area contributed by atoms with Crippen LogP contribution in [0.4, 0.5) is 30.4 Å². The van der Waals surface area contributed by atoms with Crippen LogP contribution in [0.1, 0.15) is 5.56 Å². The number of anilines is 3. The zero-order valence-electron chi connectivity index (χ0n) is 10.5. The van der Waals surface area contributed by atoms with Crippen molar-refractivity contribution >= 4 is 17.2 Å². The van der Waals surface area contributed by atoms with E-state index in [-0.39, 0.29) is 11.4 Å². The Balaban J connectivity index is 2.29. The van der Waals surface area contributed by atoms with E-state index in [1.165, 1.54) is 24.4 Å². The summed E-state index contributed by atoms with van der Waals surface area (Å²) in [6.07, 6.45) is -3.33. The fourth-order valence-corrected chi connectivity index (χ4v) is 1.64. The molecule has 0 saturated carbocycles. The lowest BCUT2D eigenvalue weighted by molar-refractivity contribution is -0.274. The van der Waals surface area contributed by atoms with Crippen LogP contribution in [-0.2, 0) is 0 Å². The predicted molar refractivity (Wildman–Crippen MR) is 69.8 cm³/mol. The van der Waals surface area contributed by atoms with Gasteiger partial charge in [0, 0.05) is 0 Å². The van der Waals surface area contributed by atoms with Crippen LogP contribution in [0.3, 0.4) is 0 Å². The molecule has 4 nitrogen and oxygen atoms in total. The van der Waals surface area contributed by atoms with E-state index in [9.17, 15) is 13.2 Å². The fourth-order valence-electron chi connectivity index (χ4n) is 1.64. The van der Waals surface area contributed by atoms with Gasteiger partial charge in [-0.25, -0.2) is 4.98 Å². The molecule has 1 aromatic heterocycles. The monoisotopic (exact) mass is 283 g/mol. The molecule has 106 valence electrons. The molecule has 2 rings (SSSR count). The van der Waals surface area contributed by atoms with E-state index < -0.39 is 6.36 Å². The van der Waals surface area contributed by atoms with E-state index in [0.29, 0.717) is 17.1 Å². The zero-order chi connectivity index (χ0) is 14.8. The van der Waals surface area contributed by atoms with Crippen molar-refractivity contribution in [3.63, 3.8) is 0 Å². The maximum absolute atomic E-state index is 12.3. The third-order valence-electron chi connectivity index (χ3n) is 2.47. The number of ether oxygens (including phenoxy) is 1. The molecule has 2 aromatic rings. The molecule has 0 spiro atoms. The van der Waals surface area contributed by atoms with Gasteiger partial charge in [-0.3, -0.25) is 0 Å². The highest BCUT2D eigenvalue weighted by Crippen LogP contribution is 2.32. The number of benzene rings is 1. The minimum absolute atomic E-state index is 0.171. The second-order valence-electron chi connectivity index (χ2n) is 4.10. The SMILES string of the molecule is Cc1cc(N)cnc1Nc1ccccc1OC(F)(F)F. The molecule has 0 amide bonds. The summed E-state index contributed by atoms with van der Waals surface area (Å²) in [7, 11) is 0. The summed E-state index contributed by atoms with van der Waals surface area (Å²) in [4.78, 5) is 4.04. The van der Waals surface area contributed by atoms with Crippen molar-refractivity contribution in [2.75, 3.05) is 11.1 Å². The first-order valence-electron chi connectivity index (χ1n) is 5.69. The fraction of sp³-hybridized carbons (Fsp3) is 0.154. The topological polar surface area (TPSA) is 60.2 Å². The third kappa shape index (κ3) is 3.53. The molecule has 0 atom stereocenters. The molecule has 0 aliphatic rings. The first kappa shape index (κ1) is 14.0. The van der Waals surface area contributed by atoms with Gasteiger partial charge >= 0.3 is 6.36 Å². The van der Waals surface area contributed by atoms with Crippen molar-refractivity contribution < 1.29 is 17.9 Å². The molecular formula is C13H12F3N3O. The van der Waals surface area contributed by atoms with Crippen molar-refractivity contribution in [2.45, 2.75) is 13.3 Å². The molecule has 3 N–H and O–H groups in total. The van der Waals surface area contributed by atoms with Crippen molar-refractivity contribution in [1.82, 2.24) is 4.98 Å². The number of alkyl halides is 3. The number of pyridine rings is 1. The minimum atomic E-state index is -4.75. The summed E-state index contributed by atoms with van der Waals surface area (Å²) in [5.74, 6) is 0.0930. The van der Waals surface area contributed by atoms with Crippen molar-refractivity contribution in [3.05, 3.63) is 42.1 Å². The molecule has 20 heavy (non-hydrogen) atoms. The Kier molecular flexibility index (Phi) is 3.69. The summed E-state index contributed by atoms with van der Waals surface area (Å²) in [5.41, 5.74) is 6.94. The zero-order valence-corrected chi connectivity index (χ0v) is 10.5. The van der Waals surface area contributed by atoms with E-state index in [2.05, 4.69) is 15.0 Å². The number of hydrogen-bond donors (Lipinski definition) is 2. The van der Waals surface area contributed by atoms with Crippen molar-refractivity contribution in [3.8, 4) is 5.75 Å². The number of rotatable bonds is 3. The Morgan fingerprint density at radius 1 is 1.25 bits per heavy atom. The van der Waals surface area contributed by atoms with Crippen molar-refractivity contribution in [1.29, 1.82) is 0 Å². The van der Waals surface area contributed by atoms with Gasteiger partial charge < -0.3 is 15.8 Å². The first-order valence-corrected chi connectivity index (χ1v) is 5.69. The van der Waals surface area contributed by atoms with Gasteiger partial charge in [-0.1, -0.05) is 12.1 Å². The summed E-state index contributed by atoms with van der Waals surface area (Å²) < 4.78 is 40.9. The standard InChI is InChI=1S/C13H12F3N3O/c1-8-6-9(17)7-18-12(8)19-10-4-2-3-5-11(10)20-13(14,15)16/h2-7H,17H2,1H3,(H,18,19). The first-order chi connectivity index (χ1) is 9.35. The highest BCUT2D eigenvalue weighted by atomic mass is 19.4. The van der Waals surface area contributed by atoms with Crippen LogP contribution in [0.15, 0.2) is 36.5 Å². The van der Waals surface area contributed by atoms with Crippen LogP contribution in [0, 0.1) is 6.92 Å². The molecule has 0 radical (unpaired) electrons. The third-order valence-corrected chi connectivity index (χ3v) is 2.47. The van der Waals surface area contributed by atoms with Crippen LogP contribution in [0.2, 0.25) is 0 Å². The number of nitrogens with zero attached hydrogens (tertiary/aromatic N) is 1. The number of aryl methyl sites for hydroxylation is 1. The Morgan fingerprint density at radius 2 is 1.95 bits per heavy atom. The van der Waals surface area contributed by atoms with Crippen LogP contribution in [0.25, 0.3) is 0 Å². The van der Waals surface area contributed by atoms with Crippen LogP contribution in [-0.4, -0.2) is 11.3 Å². The van der Waals surface area contributed by atoms with E-state index >= 15 is 0 Å². The summed E-state index contributed by atoms with van der Waals surface area (Å²) in [5, 5.41) is 2.80. The Hall–Kier alpha value is -2.44. The van der Waals surface area contributed by atoms with E-state index in [4.69, 9.17) is 5.73 Å². The number of nitrogens with one attached hydrogen (secondary N) is 1. The Labute approximate surface area is 113 Å². The predicted octanol–water partition coefficient (Wildman–Crippen LogP) is 3.61. The Bertz CT molecular complexity index is 614. The van der Waals surface area contributed by atoms with E-state index in [1.54, 1.807) is 19.1 Å². The normalized spacial score (nSPS) is 11.2. The van der Waals surface area contributed by atoms with E-state index in [0.717, 1.165) is 0 Å². The van der Waals surface area contributed by atoms with Gasteiger partial charge in [0.25, 0.3) is 0 Å². The smallest absolute Gasteiger partial charge is 0.404 e. The lowest BCUT2D eigenvalue weighted by Crippen LogP contribution is -2.18. The van der Waals surface area contributed by atoms with E-state index in [1.807, 2.05) is 0 Å². The van der Waals surface area contributed by atoms with Gasteiger partial charge in [0.15, 0.2) is 5.75 Å². The van der Waals surface area contributed by atoms with Gasteiger partial charge in [-0.05, 0) is 30.7 Å². The molecule has 1 heterocycles. The summed E-state index contributed by atoms with van der Waals surface area (Å²) >= 11 is 0. The van der Waals surface area contributed by atoms with Gasteiger partial charge in [0.2, 0.25) is 0 Å². The highest BCUT2D eigenvalue weighted by Gasteiger charge is 2.32. The highest BCUT2D eigenvalue weighted by molar-refractivity contribution is 5.66. The molecule has 0 bridgehead atoms. The van der Waals surface area contributed by atoms with Gasteiger partial charge in [-0.2, -0.15) is 0 Å². The number of nitrogens with two attached hydrogens (primary N) is 1. The quantitative estimate of drug-likeness (QED) is 0.903. The second kappa shape index (κ2) is 5.28. The number of aromatic nitrogens is 1. The second-order valence-corrected chi connectivity index (χ2v) is 4.10. The van der Waals surface area contributed by atoms with Crippen LogP contribution >= 0.6 is 0 Å². The summed E-state index contributed by atoms with van der Waals surface area (Å²) in [6, 6.07) is 7.41. The Morgan fingerprint density at radius 3 is 2.60 bits per heavy atom. The van der Waals surface area contributed by atoms with Crippen LogP contribution in [0.5, 0.6) is 5.75 Å². The average molecular weight is 283 g/mol. The number of para-hydroxylation sites is 2. The lowest BCUT2D eigenvalue weighted by atomic mass is 10.2. The largest absolute Gasteiger partial charge is 0.573 e. The molecule has 0 aliphatic heterocycles. The average Bonchev–Trinajstić information content (AvgIpc) is 2.33. The molecular weight excluding hydrogens is 271 g/mol.